The number of benzene rings is 2. The summed E-state index contributed by atoms with van der Waals surface area (Å²) in [6, 6.07) is 15.8. The number of anilines is 1. The van der Waals surface area contributed by atoms with E-state index in [0.29, 0.717) is 10.8 Å². The number of thioether (sulfide) groups is 1. The highest BCUT2D eigenvalue weighted by Gasteiger charge is 2.13. The quantitative estimate of drug-likeness (QED) is 0.649. The summed E-state index contributed by atoms with van der Waals surface area (Å²) < 4.78 is 1.88. The normalized spacial score (nSPS) is 10.5. The number of carboxylic acids is 1. The maximum Gasteiger partial charge on any atom is 0.335 e. The molecule has 0 bridgehead atoms. The second-order valence-electron chi connectivity index (χ2n) is 5.42. The highest BCUT2D eigenvalue weighted by Crippen LogP contribution is 2.22. The summed E-state index contributed by atoms with van der Waals surface area (Å²) in [7, 11) is 0. The molecular weight excluding hydrogens is 352 g/mol. The van der Waals surface area contributed by atoms with Crippen LogP contribution in [0.1, 0.15) is 16.2 Å². The lowest BCUT2D eigenvalue weighted by atomic mass is 10.2. The van der Waals surface area contributed by atoms with Gasteiger partial charge in [-0.2, -0.15) is 0 Å². The molecule has 0 spiro atoms. The predicted molar refractivity (Wildman–Crippen MR) is 98.9 cm³/mol. The minimum atomic E-state index is -1.04. The van der Waals surface area contributed by atoms with Crippen molar-refractivity contribution in [3.8, 4) is 5.69 Å². The van der Waals surface area contributed by atoms with Gasteiger partial charge in [-0.1, -0.05) is 36.0 Å². The van der Waals surface area contributed by atoms with Gasteiger partial charge in [0.05, 0.1) is 11.3 Å². The smallest absolute Gasteiger partial charge is 0.335 e. The zero-order valence-electron chi connectivity index (χ0n) is 13.9. The van der Waals surface area contributed by atoms with E-state index in [1.54, 1.807) is 12.1 Å². The van der Waals surface area contributed by atoms with Gasteiger partial charge < -0.3 is 10.4 Å². The van der Waals surface area contributed by atoms with Crippen molar-refractivity contribution in [1.82, 2.24) is 14.8 Å². The first-order chi connectivity index (χ1) is 12.5. The highest BCUT2D eigenvalue weighted by molar-refractivity contribution is 7.99. The molecule has 0 aliphatic heterocycles. The van der Waals surface area contributed by atoms with Gasteiger partial charge in [0, 0.05) is 11.4 Å². The zero-order valence-corrected chi connectivity index (χ0v) is 14.7. The highest BCUT2D eigenvalue weighted by atomic mass is 32.2. The van der Waals surface area contributed by atoms with E-state index < -0.39 is 5.97 Å². The molecule has 132 valence electrons. The van der Waals surface area contributed by atoms with E-state index >= 15 is 0 Å². The Bertz CT molecular complexity index is 941. The molecule has 0 radical (unpaired) electrons. The molecule has 26 heavy (non-hydrogen) atoms. The van der Waals surface area contributed by atoms with Crippen LogP contribution in [0.25, 0.3) is 5.69 Å². The van der Waals surface area contributed by atoms with E-state index in [2.05, 4.69) is 15.5 Å². The third-order valence-corrected chi connectivity index (χ3v) is 4.46. The van der Waals surface area contributed by atoms with Crippen molar-refractivity contribution in [3.63, 3.8) is 0 Å². The average molecular weight is 368 g/mol. The molecule has 7 nitrogen and oxygen atoms in total. The van der Waals surface area contributed by atoms with Gasteiger partial charge in [0.1, 0.15) is 5.82 Å². The van der Waals surface area contributed by atoms with Crippen LogP contribution in [0.5, 0.6) is 0 Å². The van der Waals surface area contributed by atoms with Crippen molar-refractivity contribution < 1.29 is 14.7 Å². The van der Waals surface area contributed by atoms with Crippen molar-refractivity contribution in [2.45, 2.75) is 12.1 Å². The van der Waals surface area contributed by atoms with E-state index in [1.807, 2.05) is 41.8 Å². The van der Waals surface area contributed by atoms with Crippen LogP contribution >= 0.6 is 11.8 Å². The van der Waals surface area contributed by atoms with Gasteiger partial charge in [-0.15, -0.1) is 10.2 Å². The van der Waals surface area contributed by atoms with Crippen molar-refractivity contribution in [2.75, 3.05) is 11.1 Å². The molecule has 3 aromatic rings. The van der Waals surface area contributed by atoms with E-state index in [1.165, 1.54) is 23.9 Å². The molecule has 1 amide bonds. The number of nitrogens with one attached hydrogen (secondary N) is 1. The predicted octanol–water partition coefficient (Wildman–Crippen LogP) is 3.00. The summed E-state index contributed by atoms with van der Waals surface area (Å²) >= 11 is 1.26. The first kappa shape index (κ1) is 17.7. The molecule has 1 heterocycles. The fourth-order valence-electron chi connectivity index (χ4n) is 2.37. The molecule has 0 saturated heterocycles. The van der Waals surface area contributed by atoms with Crippen LogP contribution in [0.4, 0.5) is 5.69 Å². The van der Waals surface area contributed by atoms with E-state index in [-0.39, 0.29) is 17.2 Å². The Morgan fingerprint density at radius 3 is 2.62 bits per heavy atom. The molecule has 0 aliphatic rings. The topological polar surface area (TPSA) is 97.1 Å². The Morgan fingerprint density at radius 2 is 1.88 bits per heavy atom. The molecule has 0 unspecified atom stereocenters. The number of para-hydroxylation sites is 1. The molecular formula is C18H16N4O3S. The first-order valence-electron chi connectivity index (χ1n) is 7.78. The van der Waals surface area contributed by atoms with Gasteiger partial charge >= 0.3 is 5.97 Å². The summed E-state index contributed by atoms with van der Waals surface area (Å²) in [6.45, 7) is 1.85. The largest absolute Gasteiger partial charge is 0.478 e. The van der Waals surface area contributed by atoms with E-state index in [9.17, 15) is 9.59 Å². The zero-order chi connectivity index (χ0) is 18.5. The molecule has 1 aromatic heterocycles. The third kappa shape index (κ3) is 4.09. The van der Waals surface area contributed by atoms with E-state index in [0.717, 1.165) is 11.5 Å². The lowest BCUT2D eigenvalue weighted by Gasteiger charge is -2.08. The number of carboxylic acid groups (broad SMARTS) is 1. The van der Waals surface area contributed by atoms with Crippen LogP contribution < -0.4 is 5.32 Å². The Labute approximate surface area is 154 Å². The number of carbonyl (C=O) groups is 2. The summed E-state index contributed by atoms with van der Waals surface area (Å²) in [4.78, 5) is 23.2. The SMILES string of the molecule is Cc1nnc(SCC(=O)Nc2cccc(C(=O)O)c2)n1-c1ccccc1. The van der Waals surface area contributed by atoms with Crippen LogP contribution in [0.3, 0.4) is 0 Å². The number of amides is 1. The van der Waals surface area contributed by atoms with Crippen molar-refractivity contribution in [2.24, 2.45) is 0 Å². The Morgan fingerprint density at radius 1 is 1.12 bits per heavy atom. The van der Waals surface area contributed by atoms with Gasteiger partial charge in [0.2, 0.25) is 5.91 Å². The van der Waals surface area contributed by atoms with Crippen molar-refractivity contribution >= 4 is 29.3 Å². The Balaban J connectivity index is 1.67. The molecule has 8 heteroatoms. The minimum absolute atomic E-state index is 0.120. The molecule has 0 fully saturated rings. The number of aromatic nitrogens is 3. The maximum absolute atomic E-state index is 12.2. The second kappa shape index (κ2) is 7.83. The molecule has 0 aliphatic carbocycles. The summed E-state index contributed by atoms with van der Waals surface area (Å²) in [6.07, 6.45) is 0. The molecule has 3 rings (SSSR count). The van der Waals surface area contributed by atoms with Gasteiger partial charge in [-0.3, -0.25) is 9.36 Å². The third-order valence-electron chi connectivity index (χ3n) is 3.54. The number of hydrogen-bond donors (Lipinski definition) is 2. The summed E-state index contributed by atoms with van der Waals surface area (Å²) in [5, 5.41) is 20.5. The number of rotatable bonds is 6. The van der Waals surface area contributed by atoms with Crippen LogP contribution in [-0.4, -0.2) is 37.5 Å². The fourth-order valence-corrected chi connectivity index (χ4v) is 3.17. The van der Waals surface area contributed by atoms with Crippen LogP contribution in [-0.2, 0) is 4.79 Å². The second-order valence-corrected chi connectivity index (χ2v) is 6.37. The standard InChI is InChI=1S/C18H16N4O3S/c1-12-20-21-18(22(12)15-8-3-2-4-9-15)26-11-16(23)19-14-7-5-6-13(10-14)17(24)25/h2-10H,11H2,1H3,(H,19,23)(H,24,25). The maximum atomic E-state index is 12.2. The lowest BCUT2D eigenvalue weighted by molar-refractivity contribution is -0.113. The Hall–Kier alpha value is -3.13. The van der Waals surface area contributed by atoms with Gasteiger partial charge in [-0.25, -0.2) is 4.79 Å². The number of nitrogens with zero attached hydrogens (tertiary/aromatic N) is 3. The average Bonchev–Trinajstić information content (AvgIpc) is 3.01. The fraction of sp³-hybridized carbons (Fsp3) is 0.111. The molecule has 0 atom stereocenters. The Kier molecular flexibility index (Phi) is 5.33. The van der Waals surface area contributed by atoms with Gasteiger partial charge in [0.25, 0.3) is 0 Å². The lowest BCUT2D eigenvalue weighted by Crippen LogP contribution is -2.15. The molecule has 0 saturated carbocycles. The van der Waals surface area contributed by atoms with Crippen molar-refractivity contribution in [1.29, 1.82) is 0 Å². The summed E-state index contributed by atoms with van der Waals surface area (Å²) in [5.74, 6) is -0.435. The number of carbonyl (C=O) groups excluding carboxylic acids is 1. The number of aryl methyl sites for hydroxylation is 1. The van der Waals surface area contributed by atoms with E-state index in [4.69, 9.17) is 5.11 Å². The van der Waals surface area contributed by atoms with Crippen LogP contribution in [0.15, 0.2) is 59.8 Å². The molecule has 2 N–H and O–H groups in total. The van der Waals surface area contributed by atoms with Gasteiger partial charge in [0.15, 0.2) is 5.16 Å². The molecule has 2 aromatic carbocycles. The van der Waals surface area contributed by atoms with Crippen molar-refractivity contribution in [3.05, 3.63) is 66.0 Å². The van der Waals surface area contributed by atoms with Crippen LogP contribution in [0.2, 0.25) is 0 Å². The minimum Gasteiger partial charge on any atom is -0.478 e. The number of aromatic carboxylic acids is 1. The van der Waals surface area contributed by atoms with Gasteiger partial charge in [-0.05, 0) is 37.3 Å². The first-order valence-corrected chi connectivity index (χ1v) is 8.76. The monoisotopic (exact) mass is 368 g/mol. The summed E-state index contributed by atoms with van der Waals surface area (Å²) in [5.41, 5.74) is 1.48. The van der Waals surface area contributed by atoms with Crippen LogP contribution in [0, 0.1) is 6.92 Å². The number of hydrogen-bond acceptors (Lipinski definition) is 5.